The van der Waals surface area contributed by atoms with E-state index in [9.17, 15) is 14.0 Å². The number of anilines is 1. The number of nitrogens with two attached hydrogens (primary N) is 1. The quantitative estimate of drug-likeness (QED) is 0.326. The molecule has 1 aromatic heterocycles. The highest BCUT2D eigenvalue weighted by atomic mass is 19.1. The zero-order chi connectivity index (χ0) is 27.5. The summed E-state index contributed by atoms with van der Waals surface area (Å²) in [5.41, 5.74) is 10.6. The molecule has 1 fully saturated rings. The number of rotatable bonds is 7. The van der Waals surface area contributed by atoms with Gasteiger partial charge < -0.3 is 24.8 Å². The van der Waals surface area contributed by atoms with Gasteiger partial charge in [-0.3, -0.25) is 4.98 Å². The Labute approximate surface area is 225 Å². The van der Waals surface area contributed by atoms with Crippen LogP contribution in [0.1, 0.15) is 12.0 Å². The molecule has 0 aliphatic carbocycles. The molecule has 1 unspecified atom stereocenters. The number of benzene rings is 3. The second-order valence-corrected chi connectivity index (χ2v) is 9.43. The Morgan fingerprint density at radius 2 is 1.85 bits per heavy atom. The lowest BCUT2D eigenvalue weighted by atomic mass is 9.94. The average Bonchev–Trinajstić information content (AvgIpc) is 2.94. The van der Waals surface area contributed by atoms with Crippen molar-refractivity contribution < 1.29 is 23.0 Å². The van der Waals surface area contributed by atoms with Crippen LogP contribution in [-0.4, -0.2) is 51.2 Å². The van der Waals surface area contributed by atoms with Crippen molar-refractivity contribution in [2.45, 2.75) is 18.6 Å². The first-order valence-corrected chi connectivity index (χ1v) is 12.5. The lowest BCUT2D eigenvalue weighted by Gasteiger charge is -2.38. The number of aromatic nitrogens is 1. The molecule has 7 nitrogen and oxygen atoms in total. The van der Waals surface area contributed by atoms with Gasteiger partial charge in [0.05, 0.1) is 22.9 Å². The second kappa shape index (κ2) is 11.3. The third-order valence-electron chi connectivity index (χ3n) is 7.01. The number of hydrogen-bond acceptors (Lipinski definition) is 7. The van der Waals surface area contributed by atoms with Gasteiger partial charge >= 0.3 is 0 Å². The van der Waals surface area contributed by atoms with Crippen molar-refractivity contribution in [3.05, 3.63) is 78.0 Å². The molecule has 2 N–H and O–H groups in total. The highest BCUT2D eigenvalue weighted by Gasteiger charge is 2.29. The standard InChI is InChI=1S/C30H28F2N4O3/c1-37-17-39-30-19(14-33)4-3-5-23(30)18-6-7-27-24(12-18)29(36-9-8-26(34)28(16-36)38-2)25(15-35-27)20-10-21(31)13-22(32)11-20/h3-7,10-13,15,26,28H,8-9,16-17,34H2,1-2H3/t26?,28-/m1/s1. The molecule has 4 aromatic rings. The topological polar surface area (TPSA) is 93.6 Å². The van der Waals surface area contributed by atoms with Crippen molar-refractivity contribution in [2.75, 3.05) is 39.0 Å². The molecule has 0 saturated carbocycles. The Morgan fingerprint density at radius 1 is 1.05 bits per heavy atom. The summed E-state index contributed by atoms with van der Waals surface area (Å²) in [6, 6.07) is 16.6. The fourth-order valence-electron chi connectivity index (χ4n) is 5.12. The summed E-state index contributed by atoms with van der Waals surface area (Å²) in [6.07, 6.45) is 2.10. The number of pyridine rings is 1. The minimum Gasteiger partial charge on any atom is -0.466 e. The molecule has 1 saturated heterocycles. The normalized spacial score (nSPS) is 17.3. The minimum absolute atomic E-state index is 0.0200. The van der Waals surface area contributed by atoms with Crippen LogP contribution in [0, 0.1) is 23.0 Å². The summed E-state index contributed by atoms with van der Waals surface area (Å²) in [5.74, 6) is -0.940. The van der Waals surface area contributed by atoms with Crippen molar-refractivity contribution >= 4 is 16.6 Å². The van der Waals surface area contributed by atoms with Gasteiger partial charge in [-0.1, -0.05) is 18.2 Å². The summed E-state index contributed by atoms with van der Waals surface area (Å²) in [6.45, 7) is 1.10. The molecule has 3 aromatic carbocycles. The summed E-state index contributed by atoms with van der Waals surface area (Å²) in [4.78, 5) is 6.77. The number of ether oxygens (including phenoxy) is 3. The number of methoxy groups -OCH3 is 2. The summed E-state index contributed by atoms with van der Waals surface area (Å²) in [7, 11) is 3.14. The molecule has 5 rings (SSSR count). The highest BCUT2D eigenvalue weighted by Crippen LogP contribution is 2.41. The maximum Gasteiger partial charge on any atom is 0.188 e. The number of para-hydroxylation sites is 1. The number of piperidine rings is 1. The lowest BCUT2D eigenvalue weighted by Crippen LogP contribution is -2.51. The molecule has 0 radical (unpaired) electrons. The van der Waals surface area contributed by atoms with E-state index in [1.54, 1.807) is 25.4 Å². The number of fused-ring (bicyclic) bond motifs is 1. The van der Waals surface area contributed by atoms with Gasteiger partial charge in [-0.05, 0) is 47.9 Å². The fourth-order valence-corrected chi connectivity index (χ4v) is 5.12. The average molecular weight is 531 g/mol. The molecule has 39 heavy (non-hydrogen) atoms. The highest BCUT2D eigenvalue weighted by molar-refractivity contribution is 6.02. The van der Waals surface area contributed by atoms with Gasteiger partial charge in [0.15, 0.2) is 6.79 Å². The molecule has 0 amide bonds. The first-order valence-electron chi connectivity index (χ1n) is 12.5. The molecule has 9 heteroatoms. The first kappa shape index (κ1) is 26.5. The Kier molecular flexibility index (Phi) is 7.70. The Balaban J connectivity index is 1.75. The van der Waals surface area contributed by atoms with Crippen LogP contribution in [0.5, 0.6) is 5.75 Å². The van der Waals surface area contributed by atoms with Gasteiger partial charge in [0.1, 0.15) is 23.5 Å². The van der Waals surface area contributed by atoms with Crippen LogP contribution in [0.25, 0.3) is 33.2 Å². The third-order valence-corrected chi connectivity index (χ3v) is 7.01. The Bertz CT molecular complexity index is 1540. The van der Waals surface area contributed by atoms with Gasteiger partial charge in [0.25, 0.3) is 0 Å². The lowest BCUT2D eigenvalue weighted by molar-refractivity contribution is 0.0513. The van der Waals surface area contributed by atoms with Crippen LogP contribution in [0.2, 0.25) is 0 Å². The van der Waals surface area contributed by atoms with Crippen LogP contribution < -0.4 is 15.4 Å². The first-order chi connectivity index (χ1) is 18.9. The van der Waals surface area contributed by atoms with Gasteiger partial charge in [0.2, 0.25) is 0 Å². The number of nitrogens with zero attached hydrogens (tertiary/aromatic N) is 3. The SMILES string of the molecule is COCOc1c(C#N)cccc1-c1ccc2ncc(-c3cc(F)cc(F)c3)c(N3CCC(N)[C@H](OC)C3)c2c1. The third kappa shape index (κ3) is 5.27. The summed E-state index contributed by atoms with van der Waals surface area (Å²) in [5, 5.41) is 10.5. The summed E-state index contributed by atoms with van der Waals surface area (Å²) >= 11 is 0. The largest absolute Gasteiger partial charge is 0.466 e. The van der Waals surface area contributed by atoms with Crippen molar-refractivity contribution in [3.63, 3.8) is 0 Å². The predicted octanol–water partition coefficient (Wildman–Crippen LogP) is 5.25. The molecular formula is C30H28F2N4O3. The molecule has 1 aliphatic heterocycles. The van der Waals surface area contributed by atoms with Gasteiger partial charge in [-0.15, -0.1) is 0 Å². The Morgan fingerprint density at radius 3 is 2.56 bits per heavy atom. The van der Waals surface area contributed by atoms with E-state index < -0.39 is 11.6 Å². The number of nitriles is 1. The number of hydrogen-bond donors (Lipinski definition) is 1. The number of halogens is 2. The van der Waals surface area contributed by atoms with E-state index in [4.69, 9.17) is 19.9 Å². The van der Waals surface area contributed by atoms with E-state index >= 15 is 0 Å². The predicted molar refractivity (Wildman–Crippen MR) is 145 cm³/mol. The van der Waals surface area contributed by atoms with Crippen LogP contribution in [0.15, 0.2) is 60.8 Å². The molecule has 2 atom stereocenters. The molecule has 0 spiro atoms. The molecular weight excluding hydrogens is 502 g/mol. The zero-order valence-corrected chi connectivity index (χ0v) is 21.7. The second-order valence-electron chi connectivity index (χ2n) is 9.43. The maximum absolute atomic E-state index is 14.3. The molecule has 200 valence electrons. The van der Waals surface area contributed by atoms with Crippen molar-refractivity contribution in [3.8, 4) is 34.1 Å². The van der Waals surface area contributed by atoms with E-state index in [0.29, 0.717) is 53.0 Å². The van der Waals surface area contributed by atoms with E-state index in [2.05, 4.69) is 16.0 Å². The van der Waals surface area contributed by atoms with Crippen LogP contribution in [0.4, 0.5) is 14.5 Å². The van der Waals surface area contributed by atoms with Gasteiger partial charge in [-0.25, -0.2) is 8.78 Å². The monoisotopic (exact) mass is 530 g/mol. The fraction of sp³-hybridized carbons (Fsp3) is 0.267. The molecule has 2 heterocycles. The van der Waals surface area contributed by atoms with Gasteiger partial charge in [-0.2, -0.15) is 5.26 Å². The van der Waals surface area contributed by atoms with Crippen molar-refractivity contribution in [1.82, 2.24) is 4.98 Å². The van der Waals surface area contributed by atoms with E-state index in [1.165, 1.54) is 19.2 Å². The van der Waals surface area contributed by atoms with Crippen LogP contribution in [0.3, 0.4) is 0 Å². The summed E-state index contributed by atoms with van der Waals surface area (Å²) < 4.78 is 45.2. The van der Waals surface area contributed by atoms with Crippen molar-refractivity contribution in [1.29, 1.82) is 5.26 Å². The Hall–Kier alpha value is -4.10. The minimum atomic E-state index is -0.673. The van der Waals surface area contributed by atoms with Crippen molar-refractivity contribution in [2.24, 2.45) is 5.73 Å². The van der Waals surface area contributed by atoms with E-state index in [1.807, 2.05) is 24.3 Å². The molecule has 0 bridgehead atoms. The maximum atomic E-state index is 14.3. The smallest absolute Gasteiger partial charge is 0.188 e. The zero-order valence-electron chi connectivity index (χ0n) is 21.7. The van der Waals surface area contributed by atoms with Crippen LogP contribution >= 0.6 is 0 Å². The van der Waals surface area contributed by atoms with Gasteiger partial charge in [0, 0.05) is 62.1 Å². The van der Waals surface area contributed by atoms with E-state index in [0.717, 1.165) is 22.7 Å². The molecule has 1 aliphatic rings. The van der Waals surface area contributed by atoms with E-state index in [-0.39, 0.29) is 18.9 Å². The van der Waals surface area contributed by atoms with Crippen LogP contribution in [-0.2, 0) is 9.47 Å².